The van der Waals surface area contributed by atoms with Gasteiger partial charge < -0.3 is 25.3 Å². The Kier molecular flexibility index (Phi) is 7.30. The molecule has 0 bridgehead atoms. The van der Waals surface area contributed by atoms with Gasteiger partial charge >= 0.3 is 0 Å². The van der Waals surface area contributed by atoms with Gasteiger partial charge in [0, 0.05) is 23.0 Å². The molecule has 1 heterocycles. The molecule has 0 aliphatic heterocycles. The molecule has 0 aliphatic rings. The number of hydrogen-bond donors (Lipinski definition) is 4. The predicted molar refractivity (Wildman–Crippen MR) is 134 cm³/mol. The number of amides is 1. The molecule has 0 fully saturated rings. The minimum Gasteiger partial charge on any atom is -0.493 e. The Balaban J connectivity index is 1.59. The van der Waals surface area contributed by atoms with Crippen molar-refractivity contribution in [2.24, 2.45) is 0 Å². The Labute approximate surface area is 199 Å². The molecule has 4 aromatic rings. The number of para-hydroxylation sites is 1. The number of carbonyl (C=O) groups is 1. The molecule has 34 heavy (non-hydrogen) atoms. The van der Waals surface area contributed by atoms with Crippen LogP contribution in [0.15, 0.2) is 72.9 Å². The third-order valence-corrected chi connectivity index (χ3v) is 6.02. The van der Waals surface area contributed by atoms with E-state index in [0.29, 0.717) is 17.9 Å². The van der Waals surface area contributed by atoms with Crippen molar-refractivity contribution in [1.82, 2.24) is 10.3 Å². The number of rotatable bonds is 9. The molecule has 1 amide bonds. The van der Waals surface area contributed by atoms with Crippen molar-refractivity contribution in [2.75, 3.05) is 6.61 Å². The third-order valence-electron chi connectivity index (χ3n) is 6.02. The number of aromatic amines is 1. The first-order chi connectivity index (χ1) is 16.5. The lowest BCUT2D eigenvalue weighted by Gasteiger charge is -2.21. The summed E-state index contributed by atoms with van der Waals surface area (Å²) in [5.74, 6) is -0.254. The first kappa shape index (κ1) is 23.5. The van der Waals surface area contributed by atoms with Gasteiger partial charge in [-0.05, 0) is 46.9 Å². The molecule has 0 saturated carbocycles. The summed E-state index contributed by atoms with van der Waals surface area (Å²) in [6.45, 7) is 4.35. The van der Waals surface area contributed by atoms with Crippen LogP contribution in [0.5, 0.6) is 5.75 Å². The molecule has 0 saturated heterocycles. The van der Waals surface area contributed by atoms with Gasteiger partial charge in [0.15, 0.2) is 0 Å². The quantitative estimate of drug-likeness (QED) is 0.267. The van der Waals surface area contributed by atoms with Crippen LogP contribution < -0.4 is 10.1 Å². The summed E-state index contributed by atoms with van der Waals surface area (Å²) >= 11 is 0. The number of carbonyl (C=O) groups excluding carboxylic acids is 1. The Bertz CT molecular complexity index is 1260. The van der Waals surface area contributed by atoms with Gasteiger partial charge in [0.2, 0.25) is 0 Å². The zero-order valence-electron chi connectivity index (χ0n) is 19.4. The average molecular weight is 459 g/mol. The second kappa shape index (κ2) is 10.5. The van der Waals surface area contributed by atoms with E-state index in [1.165, 1.54) is 0 Å². The molecule has 6 nitrogen and oxygen atoms in total. The van der Waals surface area contributed by atoms with Crippen LogP contribution in [0.25, 0.3) is 22.0 Å². The first-order valence-electron chi connectivity index (χ1n) is 11.5. The summed E-state index contributed by atoms with van der Waals surface area (Å²) in [5, 5.41) is 23.9. The maximum Gasteiger partial charge on any atom is 0.257 e. The van der Waals surface area contributed by atoms with Crippen LogP contribution in [0, 0.1) is 0 Å². The molecule has 176 valence electrons. The van der Waals surface area contributed by atoms with Crippen LogP contribution in [-0.2, 0) is 6.61 Å². The summed E-state index contributed by atoms with van der Waals surface area (Å²) in [6, 6.07) is 20.9. The fourth-order valence-electron chi connectivity index (χ4n) is 4.01. The lowest BCUT2D eigenvalue weighted by atomic mass is 9.98. The maximum absolute atomic E-state index is 13.3. The van der Waals surface area contributed by atoms with E-state index in [2.05, 4.69) is 10.3 Å². The van der Waals surface area contributed by atoms with Crippen molar-refractivity contribution in [2.45, 2.75) is 39.0 Å². The van der Waals surface area contributed by atoms with Gasteiger partial charge in [-0.2, -0.15) is 0 Å². The highest BCUT2D eigenvalue weighted by Gasteiger charge is 2.23. The third kappa shape index (κ3) is 4.98. The molecule has 3 aromatic carbocycles. The van der Waals surface area contributed by atoms with Crippen molar-refractivity contribution in [3.8, 4) is 16.9 Å². The van der Waals surface area contributed by atoms with Crippen LogP contribution in [-0.4, -0.2) is 33.9 Å². The van der Waals surface area contributed by atoms with Gasteiger partial charge in [0.25, 0.3) is 5.91 Å². The van der Waals surface area contributed by atoms with Crippen LogP contribution in [0.2, 0.25) is 0 Å². The first-order valence-corrected chi connectivity index (χ1v) is 11.5. The van der Waals surface area contributed by atoms with E-state index in [9.17, 15) is 15.0 Å². The number of H-pyrrole nitrogens is 1. The van der Waals surface area contributed by atoms with Crippen LogP contribution >= 0.6 is 0 Å². The van der Waals surface area contributed by atoms with Crippen LogP contribution in [0.3, 0.4) is 0 Å². The Morgan fingerprint density at radius 2 is 1.79 bits per heavy atom. The van der Waals surface area contributed by atoms with E-state index in [-0.39, 0.29) is 12.5 Å². The Morgan fingerprint density at radius 1 is 1.06 bits per heavy atom. The lowest BCUT2D eigenvalue weighted by molar-refractivity contribution is 0.0724. The Hall–Kier alpha value is -3.61. The number of aliphatic hydroxyl groups is 2. The van der Waals surface area contributed by atoms with Crippen molar-refractivity contribution >= 4 is 16.8 Å². The minimum atomic E-state index is -1.08. The van der Waals surface area contributed by atoms with E-state index in [1.807, 2.05) is 74.6 Å². The topological polar surface area (TPSA) is 94.6 Å². The van der Waals surface area contributed by atoms with E-state index < -0.39 is 12.1 Å². The van der Waals surface area contributed by atoms with E-state index in [1.54, 1.807) is 12.1 Å². The molecule has 4 N–H and O–H groups in total. The maximum atomic E-state index is 13.3. The van der Waals surface area contributed by atoms with Gasteiger partial charge in [-0.15, -0.1) is 0 Å². The second-order valence-electron chi connectivity index (χ2n) is 8.41. The SMILES string of the molecule is CCCOc1ccc(-c2ccc(CO)cc2)cc1C(=O)N[C@H](O)C(C)c1c[nH]c2ccccc12. The second-order valence-corrected chi connectivity index (χ2v) is 8.41. The number of aliphatic hydroxyl groups excluding tert-OH is 2. The largest absolute Gasteiger partial charge is 0.493 e. The molecule has 0 radical (unpaired) electrons. The van der Waals surface area contributed by atoms with Crippen molar-refractivity contribution < 1.29 is 19.7 Å². The highest BCUT2D eigenvalue weighted by Crippen LogP contribution is 2.30. The van der Waals surface area contributed by atoms with Crippen LogP contribution in [0.4, 0.5) is 0 Å². The molecule has 6 heteroatoms. The number of aromatic nitrogens is 1. The van der Waals surface area contributed by atoms with Gasteiger partial charge in [0.1, 0.15) is 12.0 Å². The van der Waals surface area contributed by atoms with E-state index >= 15 is 0 Å². The fourth-order valence-corrected chi connectivity index (χ4v) is 4.01. The zero-order chi connectivity index (χ0) is 24.1. The summed E-state index contributed by atoms with van der Waals surface area (Å²) < 4.78 is 5.83. The standard InChI is InChI=1S/C28H30N2O4/c1-3-14-34-26-13-12-21(20-10-8-19(17-31)9-11-20)15-23(26)28(33)30-27(32)18(2)24-16-29-25-7-5-4-6-22(24)25/h4-13,15-16,18,27,29,31-32H,3,14,17H2,1-2H3,(H,30,33)/t18?,27-/m1/s1. The lowest BCUT2D eigenvalue weighted by Crippen LogP contribution is -2.38. The summed E-state index contributed by atoms with van der Waals surface area (Å²) in [7, 11) is 0. The number of fused-ring (bicyclic) bond motifs is 1. The smallest absolute Gasteiger partial charge is 0.257 e. The molecular weight excluding hydrogens is 428 g/mol. The van der Waals surface area contributed by atoms with Crippen molar-refractivity contribution in [1.29, 1.82) is 0 Å². The average Bonchev–Trinajstić information content (AvgIpc) is 3.31. The molecule has 2 atom stereocenters. The van der Waals surface area contributed by atoms with Gasteiger partial charge in [-0.3, -0.25) is 4.79 Å². The van der Waals surface area contributed by atoms with Crippen molar-refractivity contribution in [3.63, 3.8) is 0 Å². The van der Waals surface area contributed by atoms with Gasteiger partial charge in [-0.25, -0.2) is 0 Å². The van der Waals surface area contributed by atoms with Crippen LogP contribution in [0.1, 0.15) is 47.7 Å². The number of benzene rings is 3. The number of nitrogens with one attached hydrogen (secondary N) is 2. The summed E-state index contributed by atoms with van der Waals surface area (Å²) in [6.07, 6.45) is 1.60. The monoisotopic (exact) mass is 458 g/mol. The molecule has 4 rings (SSSR count). The zero-order valence-corrected chi connectivity index (χ0v) is 19.4. The molecule has 1 aromatic heterocycles. The van der Waals surface area contributed by atoms with E-state index in [4.69, 9.17) is 4.74 Å². The summed E-state index contributed by atoms with van der Waals surface area (Å²) in [4.78, 5) is 16.5. The number of hydrogen-bond acceptors (Lipinski definition) is 4. The molecule has 1 unspecified atom stereocenters. The predicted octanol–water partition coefficient (Wildman–Crippen LogP) is 4.97. The van der Waals surface area contributed by atoms with Gasteiger partial charge in [0.05, 0.1) is 18.8 Å². The molecule has 0 aliphatic carbocycles. The fraction of sp³-hybridized carbons (Fsp3) is 0.250. The minimum absolute atomic E-state index is 0.0236. The highest BCUT2D eigenvalue weighted by atomic mass is 16.5. The number of ether oxygens (including phenoxy) is 1. The molecular formula is C28H30N2O4. The highest BCUT2D eigenvalue weighted by molar-refractivity contribution is 5.98. The normalized spacial score (nSPS) is 12.9. The van der Waals surface area contributed by atoms with Gasteiger partial charge in [-0.1, -0.05) is 62.4 Å². The van der Waals surface area contributed by atoms with E-state index in [0.717, 1.165) is 39.6 Å². The Morgan fingerprint density at radius 3 is 2.53 bits per heavy atom. The summed E-state index contributed by atoms with van der Waals surface area (Å²) in [5.41, 5.74) is 4.86. The van der Waals surface area contributed by atoms with Crippen molar-refractivity contribution in [3.05, 3.63) is 89.6 Å². The molecule has 0 spiro atoms.